The summed E-state index contributed by atoms with van der Waals surface area (Å²) in [6, 6.07) is 35.9. The average Bonchev–Trinajstić information content (AvgIpc) is 3.67. The summed E-state index contributed by atoms with van der Waals surface area (Å²) >= 11 is 2.27. The van der Waals surface area contributed by atoms with Gasteiger partial charge in [0.2, 0.25) is 0 Å². The molecule has 5 aromatic carbocycles. The van der Waals surface area contributed by atoms with Gasteiger partial charge in [-0.05, 0) is 24.3 Å². The molecule has 0 aliphatic heterocycles. The van der Waals surface area contributed by atoms with Crippen LogP contribution in [-0.4, -0.2) is 28.3 Å². The number of rotatable bonds is 2. The Kier molecular flexibility index (Phi) is 14.9. The van der Waals surface area contributed by atoms with Crippen LogP contribution in [0.1, 0.15) is 27.1 Å². The zero-order valence-corrected chi connectivity index (χ0v) is 25.2. The van der Waals surface area contributed by atoms with Crippen molar-refractivity contribution < 1.29 is 39.0 Å². The van der Waals surface area contributed by atoms with Crippen molar-refractivity contribution in [1.29, 1.82) is 0 Å². The predicted octanol–water partition coefficient (Wildman–Crippen LogP) is 8.57. The fourth-order valence-corrected chi connectivity index (χ4v) is 3.41. The summed E-state index contributed by atoms with van der Waals surface area (Å²) < 4.78 is 0. The number of carboxylic acids is 2. The number of hydrogen-bond acceptors (Lipinski definition) is 2. The molecule has 0 spiro atoms. The second-order valence-corrected chi connectivity index (χ2v) is 15.3. The zero-order valence-electron chi connectivity index (χ0n) is 22.6. The molecule has 0 saturated heterocycles. The summed E-state index contributed by atoms with van der Waals surface area (Å²) in [6.45, 7) is 4.54. The van der Waals surface area contributed by atoms with E-state index >= 15 is 0 Å². The average molecular weight is 581 g/mol. The normalized spacial score (nSPS) is 10.5. The van der Waals surface area contributed by atoms with E-state index in [2.05, 4.69) is 99.0 Å². The molecule has 40 heavy (non-hydrogen) atoms. The number of benzene rings is 4. The van der Waals surface area contributed by atoms with Gasteiger partial charge in [-0.3, -0.25) is 6.08 Å². The maximum absolute atomic E-state index is 10.2. The minimum absolute atomic E-state index is 0.120. The minimum Gasteiger partial charge on any atom is -0.478 e. The molecule has 5 aromatic rings. The van der Waals surface area contributed by atoms with Crippen molar-refractivity contribution in [3.8, 4) is 0 Å². The molecule has 1 aliphatic rings. The zero-order chi connectivity index (χ0) is 29.2. The summed E-state index contributed by atoms with van der Waals surface area (Å²) in [5.74, 6) is -1.76. The predicted molar refractivity (Wildman–Crippen MR) is 163 cm³/mol. The maximum atomic E-state index is 10.2. The molecule has 2 N–H and O–H groups in total. The molecule has 6 heteroatoms. The molecule has 6 rings (SSSR count). The van der Waals surface area contributed by atoms with Gasteiger partial charge in [-0.25, -0.2) is 21.7 Å². The van der Waals surface area contributed by atoms with E-state index in [0.29, 0.717) is 11.1 Å². The molecule has 0 bridgehead atoms. The van der Waals surface area contributed by atoms with E-state index in [1.165, 1.54) is 21.5 Å². The van der Waals surface area contributed by atoms with E-state index in [0.717, 1.165) is 6.42 Å². The molecule has 0 atom stereocenters. The summed E-state index contributed by atoms with van der Waals surface area (Å²) in [4.78, 5) is 20.4. The fraction of sp³-hybridized carbons (Fsp3) is 0.0882. The van der Waals surface area contributed by atoms with Crippen LogP contribution < -0.4 is 0 Å². The van der Waals surface area contributed by atoms with Crippen molar-refractivity contribution in [1.82, 2.24) is 0 Å². The van der Waals surface area contributed by atoms with Crippen LogP contribution in [0.25, 0.3) is 21.5 Å². The van der Waals surface area contributed by atoms with Gasteiger partial charge in [-0.1, -0.05) is 72.8 Å². The number of hydrogen-bond donors (Lipinski definition) is 2. The molecular weight excluding hydrogens is 548 g/mol. The number of allylic oxidation sites excluding steroid dienone is 4. The molecule has 0 amide bonds. The first-order valence-corrected chi connectivity index (χ1v) is 17.5. The molecule has 0 fully saturated rings. The fourth-order valence-electron chi connectivity index (χ4n) is 3.41. The van der Waals surface area contributed by atoms with E-state index in [4.69, 9.17) is 10.2 Å². The van der Waals surface area contributed by atoms with E-state index < -0.39 is 11.9 Å². The largest absolute Gasteiger partial charge is 0.478 e. The summed E-state index contributed by atoms with van der Waals surface area (Å²) in [5.41, 5.74) is 0.662. The summed E-state index contributed by atoms with van der Waals surface area (Å²) in [7, 11) is 0. The third kappa shape index (κ3) is 12.3. The van der Waals surface area contributed by atoms with Crippen LogP contribution >= 0.6 is 0 Å². The van der Waals surface area contributed by atoms with E-state index in [9.17, 15) is 9.59 Å². The van der Waals surface area contributed by atoms with Gasteiger partial charge in [-0.15, -0.1) is 46.2 Å². The summed E-state index contributed by atoms with van der Waals surface area (Å²) in [6.07, 6.45) is 10.1. The van der Waals surface area contributed by atoms with Gasteiger partial charge in [-0.2, -0.15) is 6.08 Å². The van der Waals surface area contributed by atoms with Crippen LogP contribution in [0.15, 0.2) is 133 Å². The molecule has 0 heterocycles. The van der Waals surface area contributed by atoms with Crippen LogP contribution in [0, 0.1) is 6.08 Å². The van der Waals surface area contributed by atoms with Crippen LogP contribution in [-0.2, 0) is 19.2 Å². The Morgan fingerprint density at radius 3 is 1.35 bits per heavy atom. The Hall–Kier alpha value is -3.90. The quantitative estimate of drug-likeness (QED) is 0.162. The number of aromatic carboxylic acids is 2. The standard InChI is InChI=1S/C13H9.2C7H6O2.C5H5.C2H6Si.Ti/c1-3-7-12-10(5-1)9-11-6-2-4-8-13(11)12;2*8-7(9)6-4-2-1-3-5-6;1-2-4-5-3-1;1-3-2;/h1-9H;2*1-5H,(H,8,9);1-3H,4H2;1-2H3;/q-1;;;-1;;+2. The Balaban J connectivity index is 0.000000186. The minimum atomic E-state index is -0.879. The van der Waals surface area contributed by atoms with Gasteiger partial charge >= 0.3 is 50.4 Å². The van der Waals surface area contributed by atoms with Crippen LogP contribution in [0.3, 0.4) is 0 Å². The van der Waals surface area contributed by atoms with Gasteiger partial charge in [0, 0.05) is 0 Å². The Bertz CT molecular complexity index is 1440. The topological polar surface area (TPSA) is 74.6 Å². The molecule has 0 radical (unpaired) electrons. The second kappa shape index (κ2) is 18.4. The van der Waals surface area contributed by atoms with E-state index in [1.54, 1.807) is 60.7 Å². The van der Waals surface area contributed by atoms with Gasteiger partial charge in [0.25, 0.3) is 0 Å². The Morgan fingerprint density at radius 1 is 0.700 bits per heavy atom. The number of carboxylic acid groups (broad SMARTS) is 2. The van der Waals surface area contributed by atoms with Crippen LogP contribution in [0.2, 0.25) is 13.1 Å². The first-order chi connectivity index (χ1) is 19.3. The van der Waals surface area contributed by atoms with Gasteiger partial charge in [0.1, 0.15) is 0 Å². The first kappa shape index (κ1) is 32.3. The smallest absolute Gasteiger partial charge is 0.335 e. The maximum Gasteiger partial charge on any atom is 0.335 e. The molecular formula is C34H32O4SiTi. The number of carbonyl (C=O) groups is 2. The van der Waals surface area contributed by atoms with Crippen LogP contribution in [0.4, 0.5) is 0 Å². The second-order valence-electron chi connectivity index (χ2n) is 8.66. The third-order valence-electron chi connectivity index (χ3n) is 5.15. The summed E-state index contributed by atoms with van der Waals surface area (Å²) in [5, 5.41) is 22.2. The van der Waals surface area contributed by atoms with Gasteiger partial charge in [0.05, 0.1) is 11.1 Å². The van der Waals surface area contributed by atoms with E-state index in [1.807, 2.05) is 12.2 Å². The monoisotopic (exact) mass is 580 g/mol. The van der Waals surface area contributed by atoms with Crippen molar-refractivity contribution in [2.24, 2.45) is 0 Å². The Morgan fingerprint density at radius 2 is 1.07 bits per heavy atom. The third-order valence-corrected chi connectivity index (χ3v) is 5.15. The van der Waals surface area contributed by atoms with Crippen molar-refractivity contribution in [3.63, 3.8) is 0 Å². The van der Waals surface area contributed by atoms with Gasteiger partial charge in [0.15, 0.2) is 0 Å². The van der Waals surface area contributed by atoms with E-state index in [-0.39, 0.29) is 6.19 Å². The van der Waals surface area contributed by atoms with Crippen molar-refractivity contribution in [2.75, 3.05) is 0 Å². The molecule has 4 nitrogen and oxygen atoms in total. The van der Waals surface area contributed by atoms with Crippen molar-refractivity contribution in [3.05, 3.63) is 151 Å². The van der Waals surface area contributed by atoms with Gasteiger partial charge < -0.3 is 10.2 Å². The molecule has 0 aromatic heterocycles. The SMILES string of the molecule is C[Si](C)=[Ti+2].O=C(O)c1ccccc1.O=C(O)c1ccccc1.[C-]1=CC=CC1.c1ccc2c(c1)[cH-]c1ccccc12. The molecule has 200 valence electrons. The number of fused-ring (bicyclic) bond motifs is 3. The van der Waals surface area contributed by atoms with Crippen molar-refractivity contribution >= 4 is 39.7 Å². The molecule has 1 aliphatic carbocycles. The molecule has 0 unspecified atom stereocenters. The first-order valence-electron chi connectivity index (χ1n) is 12.6. The Labute approximate surface area is 247 Å². The van der Waals surface area contributed by atoms with Crippen LogP contribution in [0.5, 0.6) is 0 Å². The molecule has 0 saturated carbocycles. The van der Waals surface area contributed by atoms with Crippen molar-refractivity contribution in [2.45, 2.75) is 19.5 Å².